The van der Waals surface area contributed by atoms with E-state index in [1.54, 1.807) is 9.13 Å². The number of nitrogens with one attached hydrogen (secondary N) is 1. The Hall–Kier alpha value is -6.01. The van der Waals surface area contributed by atoms with Gasteiger partial charge in [0.25, 0.3) is 0 Å². The highest BCUT2D eigenvalue weighted by molar-refractivity contribution is 6.13. The Labute approximate surface area is 284 Å². The zero-order valence-corrected chi connectivity index (χ0v) is 27.9. The van der Waals surface area contributed by atoms with Crippen LogP contribution in [0.5, 0.6) is 0 Å². The van der Waals surface area contributed by atoms with Gasteiger partial charge in [0.05, 0.1) is 11.0 Å². The summed E-state index contributed by atoms with van der Waals surface area (Å²) in [6.45, 7) is 4.64. The van der Waals surface area contributed by atoms with Crippen molar-refractivity contribution in [1.82, 2.24) is 14.5 Å². The number of aromatic nitrogens is 2. The van der Waals surface area contributed by atoms with Crippen molar-refractivity contribution in [1.29, 1.82) is 0 Å². The number of hydrogen-bond acceptors (Lipinski definition) is 4. The predicted octanol–water partition coefficient (Wildman–Crippen LogP) is 8.50. The SMILES string of the molecule is Cn1c(=O)n(C)c2cc(-c3cccc(C4=NC(c5ccc6c(c5)C(C)(C)c5cc7ccccc7cc5-6)=NC(c5ccccc5)N4)c3)ccc21. The van der Waals surface area contributed by atoms with Gasteiger partial charge >= 0.3 is 5.69 Å². The summed E-state index contributed by atoms with van der Waals surface area (Å²) < 4.78 is 3.38. The number of nitrogens with zero attached hydrogens (tertiary/aromatic N) is 4. The summed E-state index contributed by atoms with van der Waals surface area (Å²) in [7, 11) is 3.62. The minimum atomic E-state index is -0.300. The van der Waals surface area contributed by atoms with E-state index in [1.165, 1.54) is 33.0 Å². The van der Waals surface area contributed by atoms with Crippen LogP contribution in [-0.4, -0.2) is 20.8 Å². The number of fused-ring (bicyclic) bond motifs is 5. The number of amidine groups is 2. The maximum absolute atomic E-state index is 12.6. The fraction of sp³-hybridized carbons (Fsp3) is 0.140. The number of aryl methyl sites for hydroxylation is 2. The lowest BCUT2D eigenvalue weighted by Gasteiger charge is -2.25. The average Bonchev–Trinajstić information content (AvgIpc) is 3.50. The van der Waals surface area contributed by atoms with E-state index in [2.05, 4.69) is 122 Å². The average molecular weight is 638 g/mol. The highest BCUT2D eigenvalue weighted by Gasteiger charge is 2.36. The van der Waals surface area contributed by atoms with Gasteiger partial charge in [-0.3, -0.25) is 9.13 Å². The van der Waals surface area contributed by atoms with E-state index in [1.807, 2.05) is 38.4 Å². The molecule has 2 heterocycles. The molecule has 0 saturated heterocycles. The zero-order chi connectivity index (χ0) is 33.4. The van der Waals surface area contributed by atoms with Crippen LogP contribution < -0.4 is 11.0 Å². The number of rotatable bonds is 4. The van der Waals surface area contributed by atoms with Gasteiger partial charge in [-0.2, -0.15) is 0 Å². The first-order valence-electron chi connectivity index (χ1n) is 16.7. The number of aliphatic imine (C=N–C) groups is 2. The topological polar surface area (TPSA) is 63.7 Å². The van der Waals surface area contributed by atoms with Gasteiger partial charge in [0.15, 0.2) is 5.84 Å². The van der Waals surface area contributed by atoms with Crippen molar-refractivity contribution in [3.63, 3.8) is 0 Å². The molecule has 1 aliphatic carbocycles. The molecule has 0 fully saturated rings. The quantitative estimate of drug-likeness (QED) is 0.210. The van der Waals surface area contributed by atoms with Gasteiger partial charge < -0.3 is 5.32 Å². The molecule has 6 heteroatoms. The van der Waals surface area contributed by atoms with E-state index in [0.717, 1.165) is 44.7 Å². The molecule has 7 aromatic rings. The lowest BCUT2D eigenvalue weighted by Crippen LogP contribution is -2.33. The lowest BCUT2D eigenvalue weighted by atomic mass is 9.81. The van der Waals surface area contributed by atoms with Gasteiger partial charge in [0, 0.05) is 30.6 Å². The van der Waals surface area contributed by atoms with Gasteiger partial charge in [0.1, 0.15) is 12.0 Å². The van der Waals surface area contributed by atoms with E-state index < -0.39 is 0 Å². The first-order valence-corrected chi connectivity index (χ1v) is 16.7. The maximum Gasteiger partial charge on any atom is 0.328 e. The highest BCUT2D eigenvalue weighted by atomic mass is 16.1. The third-order valence-corrected chi connectivity index (χ3v) is 10.4. The minimum Gasteiger partial charge on any atom is -0.344 e. The van der Waals surface area contributed by atoms with Gasteiger partial charge in [-0.1, -0.05) is 105 Å². The van der Waals surface area contributed by atoms with Crippen LogP contribution in [0.2, 0.25) is 0 Å². The molecule has 9 rings (SSSR count). The Bertz CT molecular complexity index is 2600. The van der Waals surface area contributed by atoms with Crippen LogP contribution in [0.4, 0.5) is 0 Å². The molecule has 238 valence electrons. The van der Waals surface area contributed by atoms with Gasteiger partial charge in [-0.15, -0.1) is 0 Å². The Balaban J connectivity index is 1.14. The second kappa shape index (κ2) is 10.8. The zero-order valence-electron chi connectivity index (χ0n) is 27.9. The number of imidazole rings is 1. The first-order chi connectivity index (χ1) is 23.8. The molecule has 0 amide bonds. The van der Waals surface area contributed by atoms with E-state index in [-0.39, 0.29) is 17.3 Å². The molecule has 1 aliphatic heterocycles. The van der Waals surface area contributed by atoms with Crippen molar-refractivity contribution in [3.8, 4) is 22.3 Å². The summed E-state index contributed by atoms with van der Waals surface area (Å²) >= 11 is 0. The molecular formula is C43H35N5O. The van der Waals surface area contributed by atoms with Crippen LogP contribution >= 0.6 is 0 Å². The Kier molecular flexibility index (Phi) is 6.40. The molecule has 6 nitrogen and oxygen atoms in total. The third-order valence-electron chi connectivity index (χ3n) is 10.4. The Morgan fingerprint density at radius 2 is 1.29 bits per heavy atom. The Morgan fingerprint density at radius 1 is 0.612 bits per heavy atom. The van der Waals surface area contributed by atoms with E-state index in [4.69, 9.17) is 9.98 Å². The number of benzene rings is 6. The fourth-order valence-electron chi connectivity index (χ4n) is 7.62. The van der Waals surface area contributed by atoms with Gasteiger partial charge in [-0.25, -0.2) is 14.8 Å². The molecule has 0 radical (unpaired) electrons. The molecule has 0 saturated carbocycles. The molecular weight excluding hydrogens is 603 g/mol. The van der Waals surface area contributed by atoms with Crippen molar-refractivity contribution in [2.24, 2.45) is 24.1 Å². The van der Waals surface area contributed by atoms with Gasteiger partial charge in [-0.05, 0) is 86.1 Å². The molecule has 49 heavy (non-hydrogen) atoms. The van der Waals surface area contributed by atoms with E-state index in [0.29, 0.717) is 5.84 Å². The standard InChI is InChI=1S/C43H35N5O/c1-43(2)35-24-32(17-19-33(35)34-22-28-13-8-9-14-29(28)23-36(34)43)41-45-39(26-11-6-5-7-12-26)44-40(46-41)31-16-10-15-27(21-31)30-18-20-37-38(25-30)48(4)42(49)47(37)3/h5-25,39H,1-4H3,(H,44,45,46). The smallest absolute Gasteiger partial charge is 0.328 e. The monoisotopic (exact) mass is 637 g/mol. The van der Waals surface area contributed by atoms with Crippen LogP contribution in [0.25, 0.3) is 44.1 Å². The normalized spacial score (nSPS) is 16.2. The van der Waals surface area contributed by atoms with E-state index in [9.17, 15) is 4.79 Å². The number of hydrogen-bond donors (Lipinski definition) is 1. The maximum atomic E-state index is 12.6. The summed E-state index contributed by atoms with van der Waals surface area (Å²) in [5.41, 5.74) is 11.9. The molecule has 6 aromatic carbocycles. The summed E-state index contributed by atoms with van der Waals surface area (Å²) in [6.07, 6.45) is -0.300. The summed E-state index contributed by atoms with van der Waals surface area (Å²) in [4.78, 5) is 23.0. The largest absolute Gasteiger partial charge is 0.344 e. The summed E-state index contributed by atoms with van der Waals surface area (Å²) in [6, 6.07) is 44.9. The minimum absolute atomic E-state index is 0.0346. The fourth-order valence-corrected chi connectivity index (χ4v) is 7.62. The second-order valence-corrected chi connectivity index (χ2v) is 13.7. The van der Waals surface area contributed by atoms with E-state index >= 15 is 0 Å². The molecule has 1 unspecified atom stereocenters. The van der Waals surface area contributed by atoms with Crippen molar-refractivity contribution in [2.75, 3.05) is 0 Å². The molecule has 0 spiro atoms. The van der Waals surface area contributed by atoms with Crippen molar-refractivity contribution < 1.29 is 0 Å². The van der Waals surface area contributed by atoms with Crippen molar-refractivity contribution in [3.05, 3.63) is 166 Å². The molecule has 2 aliphatic rings. The van der Waals surface area contributed by atoms with Crippen LogP contribution in [-0.2, 0) is 19.5 Å². The lowest BCUT2D eigenvalue weighted by molar-refractivity contribution is 0.660. The predicted molar refractivity (Wildman–Crippen MR) is 201 cm³/mol. The van der Waals surface area contributed by atoms with Crippen LogP contribution in [0, 0.1) is 0 Å². The molecule has 1 aromatic heterocycles. The van der Waals surface area contributed by atoms with Crippen molar-refractivity contribution in [2.45, 2.75) is 25.4 Å². The molecule has 1 atom stereocenters. The third kappa shape index (κ3) is 4.59. The highest BCUT2D eigenvalue weighted by Crippen LogP contribution is 2.50. The summed E-state index contributed by atoms with van der Waals surface area (Å²) in [5.74, 6) is 1.47. The molecule has 1 N–H and O–H groups in total. The molecule has 0 bridgehead atoms. The van der Waals surface area contributed by atoms with Crippen LogP contribution in [0.15, 0.2) is 142 Å². The second-order valence-electron chi connectivity index (χ2n) is 13.7. The van der Waals surface area contributed by atoms with Crippen LogP contribution in [0.3, 0.4) is 0 Å². The van der Waals surface area contributed by atoms with Crippen LogP contribution in [0.1, 0.15) is 47.8 Å². The van der Waals surface area contributed by atoms with Crippen molar-refractivity contribution >= 4 is 33.5 Å². The Morgan fingerprint density at radius 3 is 2.10 bits per heavy atom. The van der Waals surface area contributed by atoms with Gasteiger partial charge in [0.2, 0.25) is 0 Å². The summed E-state index contributed by atoms with van der Waals surface area (Å²) in [5, 5.41) is 6.15. The first kappa shape index (κ1) is 29.2.